The zero-order valence-electron chi connectivity index (χ0n) is 8.80. The number of aliphatic hydroxyl groups excluding tert-OH is 1. The average Bonchev–Trinajstić information content (AvgIpc) is 2.66. The van der Waals surface area contributed by atoms with E-state index in [0.717, 1.165) is 16.6 Å². The smallest absolute Gasteiger partial charge is 0.141 e. The Morgan fingerprint density at radius 2 is 1.88 bits per heavy atom. The van der Waals surface area contributed by atoms with Gasteiger partial charge >= 0.3 is 0 Å². The predicted molar refractivity (Wildman–Crippen MR) is 64.3 cm³/mol. The minimum Gasteiger partial charge on any atom is -0.395 e. The normalized spacial score (nSPS) is 11.3. The predicted octanol–water partition coefficient (Wildman–Crippen LogP) is 2.18. The van der Waals surface area contributed by atoms with Crippen molar-refractivity contribution >= 4 is 21.9 Å². The molecule has 16 heavy (non-hydrogen) atoms. The highest BCUT2D eigenvalue weighted by molar-refractivity contribution is 6.06. The lowest BCUT2D eigenvalue weighted by atomic mass is 10.2. The van der Waals surface area contributed by atoms with E-state index in [-0.39, 0.29) is 6.61 Å². The molecule has 0 aliphatic carbocycles. The number of benzene rings is 1. The molecular formula is C13H12N2O. The molecule has 0 amide bonds. The largest absolute Gasteiger partial charge is 0.395 e. The number of hydrogen-bond donors (Lipinski definition) is 1. The van der Waals surface area contributed by atoms with Crippen LogP contribution in [0, 0.1) is 0 Å². The number of aromatic nitrogens is 2. The van der Waals surface area contributed by atoms with Gasteiger partial charge in [0.05, 0.1) is 12.1 Å². The van der Waals surface area contributed by atoms with E-state index in [1.54, 1.807) is 6.20 Å². The Morgan fingerprint density at radius 1 is 1.06 bits per heavy atom. The van der Waals surface area contributed by atoms with Gasteiger partial charge in [-0.3, -0.25) is 0 Å². The van der Waals surface area contributed by atoms with E-state index in [2.05, 4.69) is 27.8 Å². The molecule has 1 N–H and O–H groups in total. The van der Waals surface area contributed by atoms with E-state index in [0.29, 0.717) is 6.54 Å². The molecule has 1 aromatic carbocycles. The van der Waals surface area contributed by atoms with Crippen molar-refractivity contribution in [2.45, 2.75) is 6.54 Å². The van der Waals surface area contributed by atoms with Gasteiger partial charge in [0, 0.05) is 23.5 Å². The second kappa shape index (κ2) is 3.61. The third kappa shape index (κ3) is 1.22. The first-order chi connectivity index (χ1) is 7.92. The van der Waals surface area contributed by atoms with Gasteiger partial charge in [-0.2, -0.15) is 0 Å². The first-order valence-corrected chi connectivity index (χ1v) is 5.34. The van der Waals surface area contributed by atoms with E-state index in [4.69, 9.17) is 5.11 Å². The van der Waals surface area contributed by atoms with Crippen molar-refractivity contribution < 1.29 is 5.11 Å². The average molecular weight is 212 g/mol. The van der Waals surface area contributed by atoms with Crippen molar-refractivity contribution in [1.82, 2.24) is 9.55 Å². The Bertz CT molecular complexity index is 589. The van der Waals surface area contributed by atoms with Gasteiger partial charge in [-0.05, 0) is 18.2 Å². The number of nitrogens with zero attached hydrogens (tertiary/aromatic N) is 2. The topological polar surface area (TPSA) is 38.0 Å². The molecule has 0 aliphatic heterocycles. The fourth-order valence-corrected chi connectivity index (χ4v) is 2.20. The minimum absolute atomic E-state index is 0.129. The first-order valence-electron chi connectivity index (χ1n) is 5.34. The number of aliphatic hydroxyl groups is 1. The third-order valence-electron chi connectivity index (χ3n) is 2.85. The van der Waals surface area contributed by atoms with Gasteiger partial charge in [0.2, 0.25) is 0 Å². The van der Waals surface area contributed by atoms with Gasteiger partial charge < -0.3 is 9.67 Å². The SMILES string of the molecule is OCCn1c2ccccc2c2cccnc21. The molecule has 3 aromatic rings. The van der Waals surface area contributed by atoms with Crippen molar-refractivity contribution in [2.75, 3.05) is 6.61 Å². The number of fused-ring (bicyclic) bond motifs is 3. The van der Waals surface area contributed by atoms with Gasteiger partial charge in [0.1, 0.15) is 5.65 Å². The molecule has 0 saturated heterocycles. The lowest BCUT2D eigenvalue weighted by Crippen LogP contribution is -2.02. The molecule has 2 aromatic heterocycles. The van der Waals surface area contributed by atoms with Crippen molar-refractivity contribution in [3.63, 3.8) is 0 Å². The van der Waals surface area contributed by atoms with E-state index in [1.165, 1.54) is 5.39 Å². The van der Waals surface area contributed by atoms with Crippen LogP contribution in [0.15, 0.2) is 42.6 Å². The summed E-state index contributed by atoms with van der Waals surface area (Å²) in [7, 11) is 0. The summed E-state index contributed by atoms with van der Waals surface area (Å²) in [5, 5.41) is 11.4. The quantitative estimate of drug-likeness (QED) is 0.707. The molecule has 0 atom stereocenters. The summed E-state index contributed by atoms with van der Waals surface area (Å²) in [4.78, 5) is 4.39. The van der Waals surface area contributed by atoms with E-state index in [9.17, 15) is 0 Å². The van der Waals surface area contributed by atoms with Gasteiger partial charge in [-0.15, -0.1) is 0 Å². The molecule has 0 aliphatic rings. The zero-order chi connectivity index (χ0) is 11.0. The molecule has 0 fully saturated rings. The molecular weight excluding hydrogens is 200 g/mol. The highest BCUT2D eigenvalue weighted by atomic mass is 16.3. The van der Waals surface area contributed by atoms with Crippen molar-refractivity contribution in [2.24, 2.45) is 0 Å². The van der Waals surface area contributed by atoms with Crippen LogP contribution in [0.2, 0.25) is 0 Å². The first kappa shape index (κ1) is 9.36. The summed E-state index contributed by atoms with van der Waals surface area (Å²) in [5.41, 5.74) is 2.07. The maximum absolute atomic E-state index is 9.11. The summed E-state index contributed by atoms with van der Waals surface area (Å²) in [6.07, 6.45) is 1.79. The summed E-state index contributed by atoms with van der Waals surface area (Å²) in [6, 6.07) is 12.2. The Morgan fingerprint density at radius 3 is 2.75 bits per heavy atom. The second-order valence-corrected chi connectivity index (χ2v) is 3.77. The Kier molecular flexibility index (Phi) is 2.11. The standard InChI is InChI=1S/C13H12N2O/c16-9-8-15-12-6-2-1-4-10(12)11-5-3-7-14-13(11)15/h1-7,16H,8-9H2. The number of para-hydroxylation sites is 1. The maximum Gasteiger partial charge on any atom is 0.141 e. The molecule has 3 heteroatoms. The van der Waals surface area contributed by atoms with Crippen LogP contribution in [0.1, 0.15) is 0 Å². The summed E-state index contributed by atoms with van der Waals surface area (Å²) >= 11 is 0. The molecule has 0 spiro atoms. The number of pyridine rings is 1. The van der Waals surface area contributed by atoms with Crippen LogP contribution in [-0.2, 0) is 6.54 Å². The monoisotopic (exact) mass is 212 g/mol. The van der Waals surface area contributed by atoms with Crippen molar-refractivity contribution in [1.29, 1.82) is 0 Å². The summed E-state index contributed by atoms with van der Waals surface area (Å²) in [5.74, 6) is 0. The third-order valence-corrected chi connectivity index (χ3v) is 2.85. The Balaban J connectivity index is 2.49. The van der Waals surface area contributed by atoms with Gasteiger partial charge in [-0.1, -0.05) is 18.2 Å². The fraction of sp³-hybridized carbons (Fsp3) is 0.154. The lowest BCUT2D eigenvalue weighted by molar-refractivity contribution is 0.279. The molecule has 3 nitrogen and oxygen atoms in total. The van der Waals surface area contributed by atoms with Crippen LogP contribution >= 0.6 is 0 Å². The van der Waals surface area contributed by atoms with Crippen LogP contribution in [-0.4, -0.2) is 21.3 Å². The number of rotatable bonds is 2. The minimum atomic E-state index is 0.129. The zero-order valence-corrected chi connectivity index (χ0v) is 8.80. The van der Waals surface area contributed by atoms with E-state index in [1.807, 2.05) is 18.2 Å². The van der Waals surface area contributed by atoms with E-state index < -0.39 is 0 Å². The van der Waals surface area contributed by atoms with Crippen molar-refractivity contribution in [3.8, 4) is 0 Å². The summed E-state index contributed by atoms with van der Waals surface area (Å²) in [6.45, 7) is 0.714. The van der Waals surface area contributed by atoms with Gasteiger partial charge in [0.15, 0.2) is 0 Å². The fourth-order valence-electron chi connectivity index (χ4n) is 2.20. The Labute approximate surface area is 93.0 Å². The highest BCUT2D eigenvalue weighted by Gasteiger charge is 2.09. The molecule has 0 radical (unpaired) electrons. The van der Waals surface area contributed by atoms with Gasteiger partial charge in [0.25, 0.3) is 0 Å². The summed E-state index contributed by atoms with van der Waals surface area (Å²) < 4.78 is 2.06. The Hall–Kier alpha value is -1.87. The van der Waals surface area contributed by atoms with E-state index >= 15 is 0 Å². The molecule has 0 bridgehead atoms. The molecule has 80 valence electrons. The highest BCUT2D eigenvalue weighted by Crippen LogP contribution is 2.26. The van der Waals surface area contributed by atoms with Gasteiger partial charge in [-0.25, -0.2) is 4.98 Å². The van der Waals surface area contributed by atoms with Crippen LogP contribution < -0.4 is 0 Å². The molecule has 2 heterocycles. The van der Waals surface area contributed by atoms with Crippen molar-refractivity contribution in [3.05, 3.63) is 42.6 Å². The number of hydrogen-bond acceptors (Lipinski definition) is 2. The molecule has 0 unspecified atom stereocenters. The maximum atomic E-state index is 9.11. The van der Waals surface area contributed by atoms with Crippen LogP contribution in [0.5, 0.6) is 0 Å². The van der Waals surface area contributed by atoms with Crippen LogP contribution in [0.25, 0.3) is 21.9 Å². The molecule has 3 rings (SSSR count). The molecule has 0 saturated carbocycles. The second-order valence-electron chi connectivity index (χ2n) is 3.77. The van der Waals surface area contributed by atoms with Crippen LogP contribution in [0.3, 0.4) is 0 Å². The lowest BCUT2D eigenvalue weighted by Gasteiger charge is -2.02. The van der Waals surface area contributed by atoms with Crippen LogP contribution in [0.4, 0.5) is 0 Å².